The molecule has 0 saturated carbocycles. The maximum Gasteiger partial charge on any atom is 0.168 e. The number of hydrogen-bond acceptors (Lipinski definition) is 4. The molecule has 0 aromatic heterocycles. The highest BCUT2D eigenvalue weighted by atomic mass is 16.5. The standard InChI is InChI=1S/C12H17NO3/c1-8-6-9(15-2)7-10(12(8)16-3)11(14)4-5-13/h6-7H,4-5,13H2,1-3H3. The molecule has 16 heavy (non-hydrogen) atoms. The predicted octanol–water partition coefficient (Wildman–Crippen LogP) is 1.54. The molecular weight excluding hydrogens is 206 g/mol. The normalized spacial score (nSPS) is 10.0. The van der Waals surface area contributed by atoms with Crippen LogP contribution >= 0.6 is 0 Å². The van der Waals surface area contributed by atoms with Crippen molar-refractivity contribution in [2.24, 2.45) is 5.73 Å². The van der Waals surface area contributed by atoms with Crippen LogP contribution in [0.2, 0.25) is 0 Å². The van der Waals surface area contributed by atoms with E-state index in [-0.39, 0.29) is 5.78 Å². The van der Waals surface area contributed by atoms with Crippen LogP contribution in [0.5, 0.6) is 11.5 Å². The zero-order valence-corrected chi connectivity index (χ0v) is 9.87. The van der Waals surface area contributed by atoms with Crippen LogP contribution in [0.15, 0.2) is 12.1 Å². The van der Waals surface area contributed by atoms with Gasteiger partial charge in [-0.05, 0) is 31.2 Å². The maximum atomic E-state index is 11.8. The zero-order valence-electron chi connectivity index (χ0n) is 9.87. The number of carbonyl (C=O) groups is 1. The van der Waals surface area contributed by atoms with E-state index >= 15 is 0 Å². The van der Waals surface area contributed by atoms with Crippen molar-refractivity contribution in [1.29, 1.82) is 0 Å². The minimum absolute atomic E-state index is 0.0265. The molecule has 0 unspecified atom stereocenters. The average molecular weight is 223 g/mol. The highest BCUT2D eigenvalue weighted by molar-refractivity contribution is 5.99. The Labute approximate surface area is 95.3 Å². The molecule has 0 aliphatic rings. The number of ether oxygens (including phenoxy) is 2. The smallest absolute Gasteiger partial charge is 0.168 e. The van der Waals surface area contributed by atoms with Crippen LogP contribution < -0.4 is 15.2 Å². The predicted molar refractivity (Wildman–Crippen MR) is 62.3 cm³/mol. The van der Waals surface area contributed by atoms with Crippen molar-refractivity contribution in [2.75, 3.05) is 20.8 Å². The summed E-state index contributed by atoms with van der Waals surface area (Å²) in [6, 6.07) is 3.52. The molecule has 0 atom stereocenters. The van der Waals surface area contributed by atoms with Gasteiger partial charge in [-0.15, -0.1) is 0 Å². The molecule has 1 aromatic carbocycles. The number of methoxy groups -OCH3 is 2. The second-order valence-electron chi connectivity index (χ2n) is 3.49. The summed E-state index contributed by atoms with van der Waals surface area (Å²) in [7, 11) is 3.12. The van der Waals surface area contributed by atoms with Crippen molar-refractivity contribution >= 4 is 5.78 Å². The third-order valence-electron chi connectivity index (χ3n) is 2.36. The zero-order chi connectivity index (χ0) is 12.1. The van der Waals surface area contributed by atoms with Crippen molar-refractivity contribution in [3.63, 3.8) is 0 Å². The summed E-state index contributed by atoms with van der Waals surface area (Å²) in [5.41, 5.74) is 6.78. The van der Waals surface area contributed by atoms with Gasteiger partial charge in [-0.1, -0.05) is 0 Å². The van der Waals surface area contributed by atoms with Gasteiger partial charge in [-0.2, -0.15) is 0 Å². The first-order valence-corrected chi connectivity index (χ1v) is 5.10. The third-order valence-corrected chi connectivity index (χ3v) is 2.36. The number of benzene rings is 1. The van der Waals surface area contributed by atoms with Crippen molar-refractivity contribution in [1.82, 2.24) is 0 Å². The number of Topliss-reactive ketones (excluding diaryl/α,β-unsaturated/α-hetero) is 1. The summed E-state index contributed by atoms with van der Waals surface area (Å²) in [6.45, 7) is 2.21. The molecule has 4 heteroatoms. The first-order chi connectivity index (χ1) is 7.63. The van der Waals surface area contributed by atoms with E-state index in [1.54, 1.807) is 20.3 Å². The van der Waals surface area contributed by atoms with Crippen molar-refractivity contribution in [2.45, 2.75) is 13.3 Å². The van der Waals surface area contributed by atoms with Gasteiger partial charge in [-0.3, -0.25) is 4.79 Å². The SMILES string of the molecule is COc1cc(C)c(OC)c(C(=O)CCN)c1. The summed E-state index contributed by atoms with van der Waals surface area (Å²) < 4.78 is 10.4. The Morgan fingerprint density at radius 3 is 2.50 bits per heavy atom. The number of hydrogen-bond donors (Lipinski definition) is 1. The average Bonchev–Trinajstić information content (AvgIpc) is 2.28. The van der Waals surface area contributed by atoms with Gasteiger partial charge in [0, 0.05) is 6.42 Å². The lowest BCUT2D eigenvalue weighted by atomic mass is 10.0. The molecule has 2 N–H and O–H groups in total. The van der Waals surface area contributed by atoms with E-state index in [4.69, 9.17) is 15.2 Å². The van der Waals surface area contributed by atoms with Gasteiger partial charge in [0.25, 0.3) is 0 Å². The van der Waals surface area contributed by atoms with Gasteiger partial charge in [0.2, 0.25) is 0 Å². The van der Waals surface area contributed by atoms with Crippen LogP contribution in [-0.2, 0) is 0 Å². The molecule has 0 bridgehead atoms. The molecule has 0 aliphatic carbocycles. The Bertz CT molecular complexity index is 388. The Hall–Kier alpha value is -1.55. The van der Waals surface area contributed by atoms with Gasteiger partial charge in [0.05, 0.1) is 19.8 Å². The van der Waals surface area contributed by atoms with E-state index in [1.807, 2.05) is 13.0 Å². The second-order valence-corrected chi connectivity index (χ2v) is 3.49. The molecule has 88 valence electrons. The fraction of sp³-hybridized carbons (Fsp3) is 0.417. The lowest BCUT2D eigenvalue weighted by Gasteiger charge is -2.12. The molecular formula is C12H17NO3. The van der Waals surface area contributed by atoms with Crippen LogP contribution in [0.1, 0.15) is 22.3 Å². The molecule has 1 rings (SSSR count). The van der Waals surface area contributed by atoms with Crippen LogP contribution in [0.3, 0.4) is 0 Å². The Morgan fingerprint density at radius 1 is 1.31 bits per heavy atom. The van der Waals surface area contributed by atoms with Crippen LogP contribution in [0, 0.1) is 6.92 Å². The third kappa shape index (κ3) is 2.52. The fourth-order valence-electron chi connectivity index (χ4n) is 1.60. The van der Waals surface area contributed by atoms with E-state index in [0.717, 1.165) is 5.56 Å². The molecule has 0 saturated heterocycles. The number of ketones is 1. The second kappa shape index (κ2) is 5.51. The Balaban J connectivity index is 3.22. The quantitative estimate of drug-likeness (QED) is 0.769. The minimum Gasteiger partial charge on any atom is -0.497 e. The van der Waals surface area contributed by atoms with E-state index in [2.05, 4.69) is 0 Å². The van der Waals surface area contributed by atoms with Crippen LogP contribution in [0.4, 0.5) is 0 Å². The molecule has 0 fully saturated rings. The largest absolute Gasteiger partial charge is 0.497 e. The monoisotopic (exact) mass is 223 g/mol. The minimum atomic E-state index is -0.0265. The number of nitrogens with two attached hydrogens (primary N) is 1. The van der Waals surface area contributed by atoms with Crippen molar-refractivity contribution in [3.05, 3.63) is 23.3 Å². The van der Waals surface area contributed by atoms with E-state index in [9.17, 15) is 4.79 Å². The lowest BCUT2D eigenvalue weighted by molar-refractivity contribution is 0.0982. The van der Waals surface area contributed by atoms with E-state index in [1.165, 1.54) is 0 Å². The van der Waals surface area contributed by atoms with Crippen LogP contribution in [-0.4, -0.2) is 26.5 Å². The summed E-state index contributed by atoms with van der Waals surface area (Å²) in [4.78, 5) is 11.8. The molecule has 0 amide bonds. The maximum absolute atomic E-state index is 11.8. The highest BCUT2D eigenvalue weighted by Gasteiger charge is 2.15. The number of carbonyl (C=O) groups excluding carboxylic acids is 1. The number of rotatable bonds is 5. The molecule has 1 aromatic rings. The molecule has 0 heterocycles. The fourth-order valence-corrected chi connectivity index (χ4v) is 1.60. The molecule has 0 radical (unpaired) electrons. The first kappa shape index (κ1) is 12.5. The Morgan fingerprint density at radius 2 is 2.00 bits per heavy atom. The first-order valence-electron chi connectivity index (χ1n) is 5.10. The number of aryl methyl sites for hydroxylation is 1. The van der Waals surface area contributed by atoms with Crippen LogP contribution in [0.25, 0.3) is 0 Å². The van der Waals surface area contributed by atoms with Gasteiger partial charge in [-0.25, -0.2) is 0 Å². The summed E-state index contributed by atoms with van der Waals surface area (Å²) in [5.74, 6) is 1.22. The van der Waals surface area contributed by atoms with Gasteiger partial charge in [0.1, 0.15) is 11.5 Å². The van der Waals surface area contributed by atoms with Crippen molar-refractivity contribution < 1.29 is 14.3 Å². The Kier molecular flexibility index (Phi) is 4.31. The van der Waals surface area contributed by atoms with Gasteiger partial charge >= 0.3 is 0 Å². The topological polar surface area (TPSA) is 61.5 Å². The highest BCUT2D eigenvalue weighted by Crippen LogP contribution is 2.29. The van der Waals surface area contributed by atoms with E-state index in [0.29, 0.717) is 30.0 Å². The molecule has 4 nitrogen and oxygen atoms in total. The van der Waals surface area contributed by atoms with E-state index < -0.39 is 0 Å². The lowest BCUT2D eigenvalue weighted by Crippen LogP contribution is -2.10. The van der Waals surface area contributed by atoms with Crippen molar-refractivity contribution in [3.8, 4) is 11.5 Å². The molecule has 0 spiro atoms. The van der Waals surface area contributed by atoms with Gasteiger partial charge in [0.15, 0.2) is 5.78 Å². The summed E-state index contributed by atoms with van der Waals surface area (Å²) >= 11 is 0. The molecule has 0 aliphatic heterocycles. The van der Waals surface area contributed by atoms with Gasteiger partial charge < -0.3 is 15.2 Å². The summed E-state index contributed by atoms with van der Waals surface area (Å²) in [5, 5.41) is 0. The summed E-state index contributed by atoms with van der Waals surface area (Å²) in [6.07, 6.45) is 0.308.